The first kappa shape index (κ1) is 18.1. The van der Waals surface area contributed by atoms with Gasteiger partial charge < -0.3 is 9.80 Å². The summed E-state index contributed by atoms with van der Waals surface area (Å²) in [4.78, 5) is 31.1. The standard InChI is InChI=1S/C21H25N3O2/c1-22(2)21(26)19(17-9-5-3-6-10-17)23-13-15-24(16-14-23)20(25)18-11-7-4-8-12-18/h3-12,19H,13-16H2,1-2H3/t19-/m1/s1. The number of amides is 2. The van der Waals surface area contributed by atoms with Crippen molar-refractivity contribution in [1.29, 1.82) is 0 Å². The van der Waals surface area contributed by atoms with Crippen molar-refractivity contribution < 1.29 is 9.59 Å². The molecule has 2 amide bonds. The Morgan fingerprint density at radius 1 is 0.846 bits per heavy atom. The fraction of sp³-hybridized carbons (Fsp3) is 0.333. The lowest BCUT2D eigenvalue weighted by molar-refractivity contribution is -0.135. The minimum atomic E-state index is -0.305. The molecule has 136 valence electrons. The molecule has 1 aliphatic heterocycles. The van der Waals surface area contributed by atoms with Crippen LogP contribution in [0.1, 0.15) is 22.0 Å². The maximum Gasteiger partial charge on any atom is 0.253 e. The zero-order chi connectivity index (χ0) is 18.5. The van der Waals surface area contributed by atoms with Gasteiger partial charge in [-0.15, -0.1) is 0 Å². The topological polar surface area (TPSA) is 43.9 Å². The highest BCUT2D eigenvalue weighted by atomic mass is 16.2. The van der Waals surface area contributed by atoms with Crippen LogP contribution in [0.15, 0.2) is 60.7 Å². The molecule has 0 saturated carbocycles. The SMILES string of the molecule is CN(C)C(=O)[C@@H](c1ccccc1)N1CCN(C(=O)c2ccccc2)CC1. The molecule has 0 aromatic heterocycles. The van der Waals surface area contributed by atoms with Crippen molar-refractivity contribution >= 4 is 11.8 Å². The van der Waals surface area contributed by atoms with Gasteiger partial charge >= 0.3 is 0 Å². The van der Waals surface area contributed by atoms with E-state index in [2.05, 4.69) is 4.90 Å². The largest absolute Gasteiger partial charge is 0.347 e. The monoisotopic (exact) mass is 351 g/mol. The quantitative estimate of drug-likeness (QED) is 0.849. The van der Waals surface area contributed by atoms with E-state index in [0.717, 1.165) is 5.56 Å². The first-order valence-corrected chi connectivity index (χ1v) is 8.92. The average Bonchev–Trinajstić information content (AvgIpc) is 2.69. The highest BCUT2D eigenvalue weighted by Crippen LogP contribution is 2.24. The minimum Gasteiger partial charge on any atom is -0.347 e. The summed E-state index contributed by atoms with van der Waals surface area (Å²) in [5.74, 6) is 0.125. The fourth-order valence-electron chi connectivity index (χ4n) is 3.34. The minimum absolute atomic E-state index is 0.0560. The zero-order valence-electron chi connectivity index (χ0n) is 15.3. The van der Waals surface area contributed by atoms with E-state index in [-0.39, 0.29) is 17.9 Å². The molecule has 1 fully saturated rings. The molecule has 5 nitrogen and oxygen atoms in total. The third kappa shape index (κ3) is 3.94. The number of hydrogen-bond acceptors (Lipinski definition) is 3. The Morgan fingerprint density at radius 2 is 1.38 bits per heavy atom. The van der Waals surface area contributed by atoms with Crippen LogP contribution in [0.4, 0.5) is 0 Å². The molecular weight excluding hydrogens is 326 g/mol. The van der Waals surface area contributed by atoms with E-state index in [0.29, 0.717) is 31.7 Å². The molecule has 1 heterocycles. The van der Waals surface area contributed by atoms with Gasteiger partial charge in [-0.05, 0) is 17.7 Å². The van der Waals surface area contributed by atoms with Gasteiger partial charge in [0.25, 0.3) is 5.91 Å². The Morgan fingerprint density at radius 3 is 1.92 bits per heavy atom. The number of benzene rings is 2. The molecule has 2 aromatic carbocycles. The van der Waals surface area contributed by atoms with Gasteiger partial charge in [0.05, 0.1) is 0 Å². The molecule has 26 heavy (non-hydrogen) atoms. The van der Waals surface area contributed by atoms with Crippen LogP contribution in [-0.4, -0.2) is 66.8 Å². The summed E-state index contributed by atoms with van der Waals surface area (Å²) < 4.78 is 0. The molecule has 1 aliphatic rings. The number of hydrogen-bond donors (Lipinski definition) is 0. The second-order valence-corrected chi connectivity index (χ2v) is 6.74. The lowest BCUT2D eigenvalue weighted by Crippen LogP contribution is -2.52. The number of carbonyl (C=O) groups is 2. The van der Waals surface area contributed by atoms with Gasteiger partial charge in [-0.1, -0.05) is 48.5 Å². The van der Waals surface area contributed by atoms with Crippen molar-refractivity contribution in [2.45, 2.75) is 6.04 Å². The van der Waals surface area contributed by atoms with E-state index < -0.39 is 0 Å². The number of nitrogens with zero attached hydrogens (tertiary/aromatic N) is 3. The number of likely N-dealkylation sites (N-methyl/N-ethyl adjacent to an activating group) is 1. The van der Waals surface area contributed by atoms with Crippen LogP contribution in [0.2, 0.25) is 0 Å². The lowest BCUT2D eigenvalue weighted by Gasteiger charge is -2.39. The van der Waals surface area contributed by atoms with E-state index in [1.54, 1.807) is 19.0 Å². The Kier molecular flexibility index (Phi) is 5.68. The Balaban J connectivity index is 1.72. The smallest absolute Gasteiger partial charge is 0.253 e. The van der Waals surface area contributed by atoms with Crippen molar-refractivity contribution in [3.63, 3.8) is 0 Å². The van der Waals surface area contributed by atoms with Crippen LogP contribution < -0.4 is 0 Å². The molecule has 0 bridgehead atoms. The summed E-state index contributed by atoms with van der Waals surface area (Å²) >= 11 is 0. The van der Waals surface area contributed by atoms with Crippen LogP contribution in [0.5, 0.6) is 0 Å². The third-order valence-electron chi connectivity index (χ3n) is 4.78. The summed E-state index contributed by atoms with van der Waals surface area (Å²) in [6.45, 7) is 2.60. The van der Waals surface area contributed by atoms with E-state index in [4.69, 9.17) is 0 Å². The van der Waals surface area contributed by atoms with Crippen molar-refractivity contribution in [2.24, 2.45) is 0 Å². The second-order valence-electron chi connectivity index (χ2n) is 6.74. The highest BCUT2D eigenvalue weighted by molar-refractivity contribution is 5.94. The van der Waals surface area contributed by atoms with Gasteiger partial charge in [-0.3, -0.25) is 14.5 Å². The van der Waals surface area contributed by atoms with Crippen LogP contribution >= 0.6 is 0 Å². The van der Waals surface area contributed by atoms with Crippen molar-refractivity contribution in [2.75, 3.05) is 40.3 Å². The van der Waals surface area contributed by atoms with Crippen molar-refractivity contribution in [1.82, 2.24) is 14.7 Å². The molecular formula is C21H25N3O2. The molecule has 0 unspecified atom stereocenters. The third-order valence-corrected chi connectivity index (χ3v) is 4.78. The van der Waals surface area contributed by atoms with Crippen LogP contribution in [-0.2, 0) is 4.79 Å². The van der Waals surface area contributed by atoms with Gasteiger partial charge in [0.15, 0.2) is 0 Å². The molecule has 3 rings (SSSR count). The number of rotatable bonds is 4. The van der Waals surface area contributed by atoms with E-state index >= 15 is 0 Å². The molecule has 1 saturated heterocycles. The Hall–Kier alpha value is -2.66. The van der Waals surface area contributed by atoms with Gasteiger partial charge in [-0.25, -0.2) is 0 Å². The molecule has 0 N–H and O–H groups in total. The number of carbonyl (C=O) groups excluding carboxylic acids is 2. The van der Waals surface area contributed by atoms with Crippen molar-refractivity contribution in [3.8, 4) is 0 Å². The Bertz CT molecular complexity index is 738. The molecule has 1 atom stereocenters. The van der Waals surface area contributed by atoms with Crippen LogP contribution in [0.3, 0.4) is 0 Å². The van der Waals surface area contributed by atoms with Crippen LogP contribution in [0, 0.1) is 0 Å². The first-order chi connectivity index (χ1) is 12.6. The molecule has 0 radical (unpaired) electrons. The lowest BCUT2D eigenvalue weighted by atomic mass is 10.0. The highest BCUT2D eigenvalue weighted by Gasteiger charge is 2.32. The number of piperazine rings is 1. The van der Waals surface area contributed by atoms with E-state index in [9.17, 15) is 9.59 Å². The molecule has 2 aromatic rings. The normalized spacial score (nSPS) is 16.2. The summed E-state index contributed by atoms with van der Waals surface area (Å²) in [7, 11) is 3.57. The summed E-state index contributed by atoms with van der Waals surface area (Å²) in [5, 5.41) is 0. The predicted molar refractivity (Wildman–Crippen MR) is 102 cm³/mol. The zero-order valence-corrected chi connectivity index (χ0v) is 15.3. The van der Waals surface area contributed by atoms with E-state index in [1.165, 1.54) is 0 Å². The molecule has 0 aliphatic carbocycles. The van der Waals surface area contributed by atoms with Crippen LogP contribution in [0.25, 0.3) is 0 Å². The Labute approximate surface area is 154 Å². The summed E-state index contributed by atoms with van der Waals surface area (Å²) in [5.41, 5.74) is 1.71. The van der Waals surface area contributed by atoms with Crippen molar-refractivity contribution in [3.05, 3.63) is 71.8 Å². The molecule has 0 spiro atoms. The first-order valence-electron chi connectivity index (χ1n) is 8.92. The maximum absolute atomic E-state index is 12.8. The predicted octanol–water partition coefficient (Wildman–Crippen LogP) is 2.27. The molecule has 5 heteroatoms. The van der Waals surface area contributed by atoms with Gasteiger partial charge in [0.1, 0.15) is 6.04 Å². The van der Waals surface area contributed by atoms with Gasteiger partial charge in [0, 0.05) is 45.8 Å². The second kappa shape index (κ2) is 8.15. The fourth-order valence-corrected chi connectivity index (χ4v) is 3.34. The summed E-state index contributed by atoms with van der Waals surface area (Å²) in [6, 6.07) is 18.9. The van der Waals surface area contributed by atoms with Gasteiger partial charge in [-0.2, -0.15) is 0 Å². The van der Waals surface area contributed by atoms with Gasteiger partial charge in [0.2, 0.25) is 5.91 Å². The maximum atomic E-state index is 12.8. The summed E-state index contributed by atoms with van der Waals surface area (Å²) in [6.07, 6.45) is 0. The average molecular weight is 351 g/mol. The van der Waals surface area contributed by atoms with E-state index in [1.807, 2.05) is 65.6 Å².